The second-order valence-electron chi connectivity index (χ2n) is 4.97. The van der Waals surface area contributed by atoms with Crippen molar-refractivity contribution in [2.24, 2.45) is 0 Å². The van der Waals surface area contributed by atoms with Crippen LogP contribution >= 0.6 is 11.3 Å². The molecule has 1 aromatic carbocycles. The number of nitrogens with one attached hydrogen (secondary N) is 1. The van der Waals surface area contributed by atoms with E-state index in [1.165, 1.54) is 11.3 Å². The monoisotopic (exact) mass is 322 g/mol. The second kappa shape index (κ2) is 6.54. The molecule has 0 bridgehead atoms. The lowest BCUT2D eigenvalue weighted by Crippen LogP contribution is -2.13. The molecule has 114 valence electrons. The summed E-state index contributed by atoms with van der Waals surface area (Å²) >= 11 is 1.46. The Morgan fingerprint density at radius 1 is 1.00 bits per heavy atom. The van der Waals surface area contributed by atoms with E-state index >= 15 is 0 Å². The smallest absolute Gasteiger partial charge is 0.274 e. The van der Waals surface area contributed by atoms with Crippen LogP contribution in [0.15, 0.2) is 60.8 Å². The van der Waals surface area contributed by atoms with Gasteiger partial charge < -0.3 is 5.32 Å². The Bertz CT molecular complexity index is 839. The van der Waals surface area contributed by atoms with Crippen molar-refractivity contribution >= 4 is 28.7 Å². The van der Waals surface area contributed by atoms with Crippen molar-refractivity contribution in [1.29, 1.82) is 0 Å². The lowest BCUT2D eigenvalue weighted by Gasteiger charge is -2.05. The molecule has 23 heavy (non-hydrogen) atoms. The van der Waals surface area contributed by atoms with Crippen LogP contribution in [0.25, 0.3) is 10.4 Å². The molecule has 0 radical (unpaired) electrons. The van der Waals surface area contributed by atoms with E-state index in [2.05, 4.69) is 10.3 Å². The fourth-order valence-electron chi connectivity index (χ4n) is 2.09. The summed E-state index contributed by atoms with van der Waals surface area (Å²) in [6.07, 6.45) is 1.58. The molecule has 2 aromatic heterocycles. The quantitative estimate of drug-likeness (QED) is 0.730. The zero-order valence-electron chi connectivity index (χ0n) is 12.4. The maximum absolute atomic E-state index is 12.0. The summed E-state index contributed by atoms with van der Waals surface area (Å²) in [6, 6.07) is 16.5. The van der Waals surface area contributed by atoms with Gasteiger partial charge in [-0.3, -0.25) is 14.6 Å². The molecule has 4 nitrogen and oxygen atoms in total. The summed E-state index contributed by atoms with van der Waals surface area (Å²) in [5.74, 6) is -0.172. The number of anilines is 1. The van der Waals surface area contributed by atoms with Gasteiger partial charge >= 0.3 is 0 Å². The van der Waals surface area contributed by atoms with Crippen molar-refractivity contribution in [1.82, 2.24) is 4.98 Å². The molecular weight excluding hydrogens is 308 g/mol. The number of carbonyl (C=O) groups excluding carboxylic acids is 2. The van der Waals surface area contributed by atoms with E-state index < -0.39 is 0 Å². The summed E-state index contributed by atoms with van der Waals surface area (Å²) in [5.41, 5.74) is 2.09. The van der Waals surface area contributed by atoms with E-state index in [0.717, 1.165) is 15.3 Å². The second-order valence-corrected chi connectivity index (χ2v) is 6.05. The number of nitrogens with zero attached hydrogens (tertiary/aromatic N) is 1. The van der Waals surface area contributed by atoms with Crippen LogP contribution in [-0.4, -0.2) is 16.7 Å². The predicted octanol–water partition coefficient (Wildman–Crippen LogP) is 4.27. The zero-order chi connectivity index (χ0) is 16.2. The zero-order valence-corrected chi connectivity index (χ0v) is 13.3. The first-order valence-electron chi connectivity index (χ1n) is 7.07. The molecule has 0 aliphatic carbocycles. The van der Waals surface area contributed by atoms with Crippen molar-refractivity contribution < 1.29 is 9.59 Å². The Balaban J connectivity index is 1.74. The van der Waals surface area contributed by atoms with Gasteiger partial charge in [-0.25, -0.2) is 0 Å². The summed E-state index contributed by atoms with van der Waals surface area (Å²) in [6.45, 7) is 1.56. The number of hydrogen-bond acceptors (Lipinski definition) is 4. The maximum atomic E-state index is 12.0. The van der Waals surface area contributed by atoms with E-state index in [-0.39, 0.29) is 11.7 Å². The highest BCUT2D eigenvalue weighted by Crippen LogP contribution is 2.29. The molecule has 0 saturated heterocycles. The molecule has 0 aliphatic heterocycles. The molecular formula is C18H14N2O2S. The third-order valence-corrected chi connectivity index (χ3v) is 4.51. The van der Waals surface area contributed by atoms with Crippen molar-refractivity contribution in [2.45, 2.75) is 6.92 Å². The van der Waals surface area contributed by atoms with Crippen LogP contribution < -0.4 is 5.32 Å². The Morgan fingerprint density at radius 2 is 1.78 bits per heavy atom. The predicted molar refractivity (Wildman–Crippen MR) is 91.9 cm³/mol. The Morgan fingerprint density at radius 3 is 2.39 bits per heavy atom. The third kappa shape index (κ3) is 3.52. The number of Topliss-reactive ketones (excluding diaryl/α,β-unsaturated/α-hetero) is 1. The minimum absolute atomic E-state index is 0.0699. The topological polar surface area (TPSA) is 59.1 Å². The number of ketones is 1. The summed E-state index contributed by atoms with van der Waals surface area (Å²) in [5, 5.41) is 2.81. The number of pyridine rings is 1. The van der Waals surface area contributed by atoms with Crippen molar-refractivity contribution in [3.63, 3.8) is 0 Å². The fourth-order valence-corrected chi connectivity index (χ4v) is 3.00. The molecule has 5 heteroatoms. The molecule has 0 saturated carbocycles. The molecule has 3 aromatic rings. The minimum atomic E-state index is -0.242. The van der Waals surface area contributed by atoms with Crippen LogP contribution in [0.4, 0.5) is 5.69 Å². The van der Waals surface area contributed by atoms with E-state index in [0.29, 0.717) is 11.4 Å². The van der Waals surface area contributed by atoms with Gasteiger partial charge in [-0.2, -0.15) is 0 Å². The summed E-state index contributed by atoms with van der Waals surface area (Å²) in [4.78, 5) is 29.2. The normalized spacial score (nSPS) is 10.3. The summed E-state index contributed by atoms with van der Waals surface area (Å²) < 4.78 is 0. The number of thiophene rings is 1. The first-order chi connectivity index (χ1) is 11.1. The van der Waals surface area contributed by atoms with Gasteiger partial charge in [0, 0.05) is 16.8 Å². The molecule has 0 fully saturated rings. The Labute approximate surface area is 137 Å². The maximum Gasteiger partial charge on any atom is 0.274 e. The Hall–Kier alpha value is -2.79. The van der Waals surface area contributed by atoms with Gasteiger partial charge in [-0.1, -0.05) is 18.2 Å². The average molecular weight is 322 g/mol. The van der Waals surface area contributed by atoms with Crippen molar-refractivity contribution in [2.75, 3.05) is 5.32 Å². The third-order valence-electron chi connectivity index (χ3n) is 3.28. The first kappa shape index (κ1) is 15.1. The van der Waals surface area contributed by atoms with Crippen molar-refractivity contribution in [3.05, 3.63) is 71.4 Å². The van der Waals surface area contributed by atoms with Crippen LogP contribution in [0.2, 0.25) is 0 Å². The number of hydrogen-bond donors (Lipinski definition) is 1. The number of amides is 1. The minimum Gasteiger partial charge on any atom is -0.321 e. The van der Waals surface area contributed by atoms with Gasteiger partial charge in [0.1, 0.15) is 5.69 Å². The largest absolute Gasteiger partial charge is 0.321 e. The first-order valence-corrected chi connectivity index (χ1v) is 7.89. The number of carbonyl (C=O) groups is 2. The molecule has 2 heterocycles. The van der Waals surface area contributed by atoms with Crippen LogP contribution in [-0.2, 0) is 0 Å². The van der Waals surface area contributed by atoms with Crippen LogP contribution in [0.3, 0.4) is 0 Å². The molecule has 0 spiro atoms. The lowest BCUT2D eigenvalue weighted by atomic mass is 10.1. The molecule has 1 N–H and O–H groups in total. The van der Waals surface area contributed by atoms with Crippen LogP contribution in [0, 0.1) is 0 Å². The van der Waals surface area contributed by atoms with Gasteiger partial charge in [0.25, 0.3) is 5.91 Å². The van der Waals surface area contributed by atoms with E-state index in [1.807, 2.05) is 36.4 Å². The molecule has 0 atom stereocenters. The van der Waals surface area contributed by atoms with E-state index in [1.54, 1.807) is 31.3 Å². The summed E-state index contributed by atoms with van der Waals surface area (Å²) in [7, 11) is 0. The van der Waals surface area contributed by atoms with Gasteiger partial charge in [0.15, 0.2) is 5.78 Å². The highest BCUT2D eigenvalue weighted by molar-refractivity contribution is 7.17. The van der Waals surface area contributed by atoms with E-state index in [9.17, 15) is 9.59 Å². The van der Waals surface area contributed by atoms with Crippen LogP contribution in [0.1, 0.15) is 27.1 Å². The van der Waals surface area contributed by atoms with Gasteiger partial charge in [-0.15, -0.1) is 11.3 Å². The highest BCUT2D eigenvalue weighted by Gasteiger charge is 2.08. The fraction of sp³-hybridized carbons (Fsp3) is 0.0556. The van der Waals surface area contributed by atoms with E-state index in [4.69, 9.17) is 0 Å². The highest BCUT2D eigenvalue weighted by atomic mass is 32.1. The van der Waals surface area contributed by atoms with Crippen molar-refractivity contribution in [3.8, 4) is 10.4 Å². The van der Waals surface area contributed by atoms with Gasteiger partial charge in [0.05, 0.1) is 4.88 Å². The standard InChI is InChI=1S/C18H14N2O2S/c1-12(21)16-9-10-17(23-16)13-5-7-14(8-6-13)20-18(22)15-4-2-3-11-19-15/h2-11H,1H3,(H,20,22). The number of benzene rings is 1. The number of rotatable bonds is 4. The average Bonchev–Trinajstić information content (AvgIpc) is 3.07. The van der Waals surface area contributed by atoms with Gasteiger partial charge in [0.2, 0.25) is 0 Å². The molecule has 0 unspecified atom stereocenters. The molecule has 1 amide bonds. The molecule has 0 aliphatic rings. The Kier molecular flexibility index (Phi) is 4.30. The SMILES string of the molecule is CC(=O)c1ccc(-c2ccc(NC(=O)c3ccccn3)cc2)s1. The number of aromatic nitrogens is 1. The molecule has 3 rings (SSSR count). The van der Waals surface area contributed by atoms with Crippen LogP contribution in [0.5, 0.6) is 0 Å². The van der Waals surface area contributed by atoms with Gasteiger partial charge in [-0.05, 0) is 48.9 Å². The lowest BCUT2D eigenvalue weighted by molar-refractivity contribution is 0.101.